The summed E-state index contributed by atoms with van der Waals surface area (Å²) in [5.74, 6) is 6.45. The second kappa shape index (κ2) is 7.09. The molecule has 0 bridgehead atoms. The van der Waals surface area contributed by atoms with E-state index in [2.05, 4.69) is 10.4 Å². The number of para-hydroxylation sites is 1. The van der Waals surface area contributed by atoms with Gasteiger partial charge in [-0.15, -0.1) is 0 Å². The van der Waals surface area contributed by atoms with Gasteiger partial charge in [0.2, 0.25) is 0 Å². The highest BCUT2D eigenvalue weighted by molar-refractivity contribution is 6.34. The number of hydrazine groups is 1. The van der Waals surface area contributed by atoms with Crippen LogP contribution in [0.2, 0.25) is 10.0 Å². The Balaban J connectivity index is 2.46. The second-order valence-corrected chi connectivity index (χ2v) is 5.67. The van der Waals surface area contributed by atoms with E-state index in [9.17, 15) is 0 Å². The first-order chi connectivity index (χ1) is 10.0. The molecule has 0 spiro atoms. The fourth-order valence-electron chi connectivity index (χ4n) is 2.03. The van der Waals surface area contributed by atoms with Crippen molar-refractivity contribution in [3.05, 3.63) is 57.8 Å². The van der Waals surface area contributed by atoms with Gasteiger partial charge in [0.05, 0.1) is 27.9 Å². The van der Waals surface area contributed by atoms with Gasteiger partial charge in [-0.1, -0.05) is 41.4 Å². The lowest BCUT2D eigenvalue weighted by Gasteiger charge is -2.21. The van der Waals surface area contributed by atoms with Crippen molar-refractivity contribution in [2.24, 2.45) is 5.84 Å². The second-order valence-electron chi connectivity index (χ2n) is 4.82. The van der Waals surface area contributed by atoms with Crippen molar-refractivity contribution in [3.63, 3.8) is 0 Å². The first-order valence-corrected chi connectivity index (χ1v) is 7.31. The van der Waals surface area contributed by atoms with Gasteiger partial charge < -0.3 is 4.74 Å². The molecule has 1 atom stereocenters. The van der Waals surface area contributed by atoms with Crippen LogP contribution in [0.1, 0.15) is 31.1 Å². The number of nitrogens with two attached hydrogens (primary N) is 1. The third-order valence-corrected chi connectivity index (χ3v) is 3.38. The monoisotopic (exact) mass is 325 g/mol. The Hall–Kier alpha value is -1.33. The van der Waals surface area contributed by atoms with E-state index in [0.29, 0.717) is 15.7 Å². The Kier molecular flexibility index (Phi) is 5.42. The number of hydrogen-bond donors (Lipinski definition) is 2. The molecule has 4 nitrogen and oxygen atoms in total. The molecule has 1 unspecified atom stereocenters. The van der Waals surface area contributed by atoms with Crippen molar-refractivity contribution in [3.8, 4) is 5.75 Å². The molecule has 0 fully saturated rings. The van der Waals surface area contributed by atoms with Crippen LogP contribution >= 0.6 is 23.2 Å². The van der Waals surface area contributed by atoms with Crippen molar-refractivity contribution >= 4 is 23.2 Å². The minimum atomic E-state index is -0.385. The number of hydrogen-bond acceptors (Lipinski definition) is 4. The van der Waals surface area contributed by atoms with E-state index >= 15 is 0 Å². The third-order valence-electron chi connectivity index (χ3n) is 2.87. The Morgan fingerprint density at radius 3 is 2.57 bits per heavy atom. The first kappa shape index (κ1) is 16.0. The predicted octanol–water partition coefficient (Wildman–Crippen LogP) is 3.73. The van der Waals surface area contributed by atoms with Crippen molar-refractivity contribution in [2.75, 3.05) is 0 Å². The fourth-order valence-corrected chi connectivity index (χ4v) is 2.52. The average molecular weight is 326 g/mol. The summed E-state index contributed by atoms with van der Waals surface area (Å²) in [5.41, 5.74) is 4.21. The molecule has 3 N–H and O–H groups in total. The maximum absolute atomic E-state index is 6.23. The number of aromatic nitrogens is 1. The fraction of sp³-hybridized carbons (Fsp3) is 0.267. The first-order valence-electron chi connectivity index (χ1n) is 6.55. The molecule has 0 amide bonds. The lowest BCUT2D eigenvalue weighted by atomic mass is 10.0. The summed E-state index contributed by atoms with van der Waals surface area (Å²) in [5, 5.41) is 0.927. The molecule has 1 heterocycles. The van der Waals surface area contributed by atoms with Crippen molar-refractivity contribution in [1.82, 2.24) is 10.4 Å². The number of nitrogens with zero attached hydrogens (tertiary/aromatic N) is 1. The van der Waals surface area contributed by atoms with Gasteiger partial charge in [-0.05, 0) is 26.0 Å². The van der Waals surface area contributed by atoms with E-state index in [1.54, 1.807) is 12.3 Å². The highest BCUT2D eigenvalue weighted by Crippen LogP contribution is 2.33. The summed E-state index contributed by atoms with van der Waals surface area (Å²) in [6.45, 7) is 3.93. The van der Waals surface area contributed by atoms with Gasteiger partial charge in [-0.25, -0.2) is 5.43 Å². The summed E-state index contributed by atoms with van der Waals surface area (Å²) in [6.07, 6.45) is 1.59. The molecule has 0 aliphatic carbocycles. The van der Waals surface area contributed by atoms with E-state index < -0.39 is 0 Å². The molecule has 0 aliphatic heterocycles. The molecule has 21 heavy (non-hydrogen) atoms. The normalized spacial score (nSPS) is 12.5. The molecule has 2 aromatic rings. The van der Waals surface area contributed by atoms with Crippen LogP contribution in [0.4, 0.5) is 0 Å². The van der Waals surface area contributed by atoms with Crippen LogP contribution in [0.15, 0.2) is 36.5 Å². The molecule has 0 radical (unpaired) electrons. The van der Waals surface area contributed by atoms with Gasteiger partial charge in [-0.3, -0.25) is 10.8 Å². The summed E-state index contributed by atoms with van der Waals surface area (Å²) >= 11 is 12.1. The zero-order valence-electron chi connectivity index (χ0n) is 11.8. The van der Waals surface area contributed by atoms with Crippen LogP contribution in [0.3, 0.4) is 0 Å². The number of rotatable bonds is 5. The van der Waals surface area contributed by atoms with E-state index in [-0.39, 0.29) is 12.1 Å². The SMILES string of the molecule is CC(C)Oc1ccccc1C(NN)c1ncc(Cl)cc1Cl. The van der Waals surface area contributed by atoms with Gasteiger partial charge in [-0.2, -0.15) is 0 Å². The minimum absolute atomic E-state index is 0.0539. The highest BCUT2D eigenvalue weighted by Gasteiger charge is 2.21. The molecule has 0 saturated heterocycles. The molecule has 112 valence electrons. The summed E-state index contributed by atoms with van der Waals surface area (Å²) in [4.78, 5) is 4.28. The van der Waals surface area contributed by atoms with E-state index in [0.717, 1.165) is 11.3 Å². The molecule has 0 aliphatic rings. The quantitative estimate of drug-likeness (QED) is 0.649. The Morgan fingerprint density at radius 2 is 1.95 bits per heavy atom. The zero-order chi connectivity index (χ0) is 15.4. The molecule has 1 aromatic heterocycles. The number of nitrogens with one attached hydrogen (secondary N) is 1. The van der Waals surface area contributed by atoms with Gasteiger partial charge in [0, 0.05) is 11.8 Å². The maximum atomic E-state index is 6.23. The van der Waals surface area contributed by atoms with E-state index in [1.165, 1.54) is 0 Å². The number of benzene rings is 1. The molecule has 0 saturated carbocycles. The largest absolute Gasteiger partial charge is 0.491 e. The smallest absolute Gasteiger partial charge is 0.124 e. The summed E-state index contributed by atoms with van der Waals surface area (Å²) in [7, 11) is 0. The highest BCUT2D eigenvalue weighted by atomic mass is 35.5. The van der Waals surface area contributed by atoms with E-state index in [1.807, 2.05) is 38.1 Å². The van der Waals surface area contributed by atoms with Gasteiger partial charge in [0.1, 0.15) is 5.75 Å². The van der Waals surface area contributed by atoms with Crippen molar-refractivity contribution < 1.29 is 4.74 Å². The lowest BCUT2D eigenvalue weighted by Crippen LogP contribution is -2.30. The number of halogens is 2. The van der Waals surface area contributed by atoms with Crippen LogP contribution in [-0.2, 0) is 0 Å². The van der Waals surface area contributed by atoms with Crippen LogP contribution in [0.25, 0.3) is 0 Å². The average Bonchev–Trinajstić information content (AvgIpc) is 2.43. The maximum Gasteiger partial charge on any atom is 0.124 e. The van der Waals surface area contributed by atoms with E-state index in [4.69, 9.17) is 33.8 Å². The minimum Gasteiger partial charge on any atom is -0.491 e. The number of ether oxygens (including phenoxy) is 1. The molecule has 2 rings (SSSR count). The Labute approximate surface area is 134 Å². The number of pyridine rings is 1. The molecule has 6 heteroatoms. The topological polar surface area (TPSA) is 60.2 Å². The zero-order valence-corrected chi connectivity index (χ0v) is 13.3. The van der Waals surface area contributed by atoms with Crippen LogP contribution < -0.4 is 16.0 Å². The molecular weight excluding hydrogens is 309 g/mol. The van der Waals surface area contributed by atoms with Gasteiger partial charge >= 0.3 is 0 Å². The summed E-state index contributed by atoms with van der Waals surface area (Å²) in [6, 6.07) is 8.90. The molecule has 1 aromatic carbocycles. The van der Waals surface area contributed by atoms with Crippen LogP contribution in [0.5, 0.6) is 5.75 Å². The van der Waals surface area contributed by atoms with Gasteiger partial charge in [0.25, 0.3) is 0 Å². The standard InChI is InChI=1S/C15H17Cl2N3O/c1-9(2)21-13-6-4-3-5-11(13)14(20-18)15-12(17)7-10(16)8-19-15/h3-9,14,20H,18H2,1-2H3. The molecular formula is C15H17Cl2N3O. The van der Waals surface area contributed by atoms with Crippen molar-refractivity contribution in [1.29, 1.82) is 0 Å². The summed E-state index contributed by atoms with van der Waals surface area (Å²) < 4.78 is 5.82. The third kappa shape index (κ3) is 3.86. The van der Waals surface area contributed by atoms with Gasteiger partial charge in [0.15, 0.2) is 0 Å². The Morgan fingerprint density at radius 1 is 1.24 bits per heavy atom. The van der Waals surface area contributed by atoms with Crippen LogP contribution in [0, 0.1) is 0 Å². The lowest BCUT2D eigenvalue weighted by molar-refractivity contribution is 0.238. The van der Waals surface area contributed by atoms with Crippen LogP contribution in [-0.4, -0.2) is 11.1 Å². The predicted molar refractivity (Wildman–Crippen MR) is 85.6 cm³/mol. The van der Waals surface area contributed by atoms with Crippen molar-refractivity contribution in [2.45, 2.75) is 26.0 Å². The Bertz CT molecular complexity index is 620.